The smallest absolute Gasteiger partial charge is 0.210 e. The van der Waals surface area contributed by atoms with Crippen LogP contribution < -0.4 is 4.72 Å². The summed E-state index contributed by atoms with van der Waals surface area (Å²) in [5, 5.41) is 0. The van der Waals surface area contributed by atoms with Crippen molar-refractivity contribution in [3.8, 4) is 0 Å². The van der Waals surface area contributed by atoms with Gasteiger partial charge in [0.05, 0.1) is 3.79 Å². The Morgan fingerprint density at radius 3 is 2.53 bits per heavy atom. The molecule has 86 valence electrons. The quantitative estimate of drug-likeness (QED) is 0.929. The minimum atomic E-state index is -3.32. The summed E-state index contributed by atoms with van der Waals surface area (Å²) in [6.45, 7) is 6.29. The van der Waals surface area contributed by atoms with E-state index in [1.807, 2.05) is 20.8 Å². The minimum Gasteiger partial charge on any atom is -0.210 e. The number of aryl methyl sites for hydroxylation is 1. The third-order valence-electron chi connectivity index (χ3n) is 1.78. The second-order valence-electron chi connectivity index (χ2n) is 3.77. The van der Waals surface area contributed by atoms with E-state index >= 15 is 0 Å². The van der Waals surface area contributed by atoms with Crippen molar-refractivity contribution in [1.29, 1.82) is 0 Å². The number of hydrogen-bond acceptors (Lipinski definition) is 3. The maximum atomic E-state index is 11.8. The first-order valence-electron chi connectivity index (χ1n) is 4.58. The van der Waals surface area contributed by atoms with Crippen LogP contribution in [0.25, 0.3) is 0 Å². The highest BCUT2D eigenvalue weighted by atomic mass is 79.9. The largest absolute Gasteiger partial charge is 0.250 e. The summed E-state index contributed by atoms with van der Waals surface area (Å²) in [4.78, 5) is 0. The van der Waals surface area contributed by atoms with E-state index in [9.17, 15) is 8.42 Å². The zero-order valence-electron chi connectivity index (χ0n) is 8.87. The zero-order chi connectivity index (χ0) is 11.6. The van der Waals surface area contributed by atoms with Gasteiger partial charge in [-0.15, -0.1) is 11.3 Å². The van der Waals surface area contributed by atoms with Gasteiger partial charge in [0.15, 0.2) is 0 Å². The van der Waals surface area contributed by atoms with Crippen molar-refractivity contribution in [2.75, 3.05) is 6.54 Å². The van der Waals surface area contributed by atoms with Crippen LogP contribution in [0.2, 0.25) is 0 Å². The van der Waals surface area contributed by atoms with Crippen LogP contribution in [-0.4, -0.2) is 15.0 Å². The Balaban J connectivity index is 2.87. The van der Waals surface area contributed by atoms with E-state index < -0.39 is 10.0 Å². The number of thiophene rings is 1. The van der Waals surface area contributed by atoms with Crippen LogP contribution in [-0.2, 0) is 10.0 Å². The molecule has 1 aromatic rings. The van der Waals surface area contributed by atoms with Gasteiger partial charge in [0.2, 0.25) is 10.0 Å². The van der Waals surface area contributed by atoms with Gasteiger partial charge in [-0.3, -0.25) is 0 Å². The highest BCUT2D eigenvalue weighted by Crippen LogP contribution is 2.30. The lowest BCUT2D eigenvalue weighted by Crippen LogP contribution is -2.26. The Kier molecular flexibility index (Phi) is 4.34. The molecule has 0 spiro atoms. The zero-order valence-corrected chi connectivity index (χ0v) is 12.1. The molecule has 15 heavy (non-hydrogen) atoms. The number of sulfonamides is 1. The lowest BCUT2D eigenvalue weighted by molar-refractivity contribution is 0.562. The fourth-order valence-corrected chi connectivity index (χ4v) is 4.40. The predicted molar refractivity (Wildman–Crippen MR) is 66.8 cm³/mol. The van der Waals surface area contributed by atoms with Crippen LogP contribution in [0, 0.1) is 12.8 Å². The van der Waals surface area contributed by atoms with Crippen LogP contribution in [0.1, 0.15) is 19.4 Å². The van der Waals surface area contributed by atoms with Gasteiger partial charge in [-0.05, 0) is 40.4 Å². The van der Waals surface area contributed by atoms with Gasteiger partial charge in [-0.25, -0.2) is 13.1 Å². The molecule has 0 unspecified atom stereocenters. The third-order valence-corrected chi connectivity index (χ3v) is 5.81. The highest BCUT2D eigenvalue weighted by Gasteiger charge is 2.17. The molecule has 0 aliphatic carbocycles. The summed E-state index contributed by atoms with van der Waals surface area (Å²) in [6.07, 6.45) is 0. The van der Waals surface area contributed by atoms with E-state index in [4.69, 9.17) is 0 Å². The molecule has 0 aromatic carbocycles. The van der Waals surface area contributed by atoms with Crippen LogP contribution >= 0.6 is 27.3 Å². The van der Waals surface area contributed by atoms with E-state index in [2.05, 4.69) is 20.7 Å². The molecule has 3 nitrogen and oxygen atoms in total. The summed E-state index contributed by atoms with van der Waals surface area (Å²) < 4.78 is 27.4. The molecule has 6 heteroatoms. The Morgan fingerprint density at radius 2 is 2.13 bits per heavy atom. The average Bonchev–Trinajstić information content (AvgIpc) is 2.45. The lowest BCUT2D eigenvalue weighted by Gasteiger charge is -2.06. The second kappa shape index (κ2) is 4.95. The third kappa shape index (κ3) is 3.55. The summed E-state index contributed by atoms with van der Waals surface area (Å²) in [5.41, 5.74) is 0.949. The van der Waals surface area contributed by atoms with Crippen LogP contribution in [0.4, 0.5) is 0 Å². The summed E-state index contributed by atoms with van der Waals surface area (Å²) in [5.74, 6) is 0.310. The van der Waals surface area contributed by atoms with Crippen molar-refractivity contribution < 1.29 is 8.42 Å². The predicted octanol–water partition coefficient (Wildman–Crippen LogP) is 2.75. The van der Waals surface area contributed by atoms with Crippen LogP contribution in [0.5, 0.6) is 0 Å². The van der Waals surface area contributed by atoms with Crippen molar-refractivity contribution in [3.05, 3.63) is 15.4 Å². The van der Waals surface area contributed by atoms with Gasteiger partial charge in [0.1, 0.15) is 4.21 Å². The topological polar surface area (TPSA) is 46.2 Å². The van der Waals surface area contributed by atoms with Crippen molar-refractivity contribution in [1.82, 2.24) is 4.72 Å². The molecule has 0 bridgehead atoms. The fraction of sp³-hybridized carbons (Fsp3) is 0.556. The Hall–Kier alpha value is 0.0900. The molecular weight excluding hydrogens is 298 g/mol. The summed E-state index contributed by atoms with van der Waals surface area (Å²) in [7, 11) is -3.32. The molecule has 1 rings (SSSR count). The molecule has 1 heterocycles. The summed E-state index contributed by atoms with van der Waals surface area (Å²) in [6, 6.07) is 1.68. The molecule has 0 saturated carbocycles. The first kappa shape index (κ1) is 13.2. The van der Waals surface area contributed by atoms with Crippen molar-refractivity contribution in [2.24, 2.45) is 5.92 Å². The van der Waals surface area contributed by atoms with Gasteiger partial charge in [-0.2, -0.15) is 0 Å². The Morgan fingerprint density at radius 1 is 1.53 bits per heavy atom. The Labute approximate surface area is 103 Å². The van der Waals surface area contributed by atoms with Gasteiger partial charge in [0.25, 0.3) is 0 Å². The van der Waals surface area contributed by atoms with Gasteiger partial charge >= 0.3 is 0 Å². The number of nitrogens with one attached hydrogen (secondary N) is 1. The summed E-state index contributed by atoms with van der Waals surface area (Å²) >= 11 is 4.55. The first-order chi connectivity index (χ1) is 6.83. The lowest BCUT2D eigenvalue weighted by atomic mass is 10.2. The number of hydrogen-bond donors (Lipinski definition) is 1. The molecule has 0 amide bonds. The van der Waals surface area contributed by atoms with E-state index in [-0.39, 0.29) is 0 Å². The molecule has 0 aliphatic rings. The highest BCUT2D eigenvalue weighted by molar-refractivity contribution is 9.11. The van der Waals surface area contributed by atoms with Crippen molar-refractivity contribution in [2.45, 2.75) is 25.0 Å². The molecule has 0 fully saturated rings. The fourth-order valence-electron chi connectivity index (χ4n) is 0.912. The molecule has 0 saturated heterocycles. The van der Waals surface area contributed by atoms with Gasteiger partial charge in [-0.1, -0.05) is 13.8 Å². The van der Waals surface area contributed by atoms with Crippen molar-refractivity contribution in [3.63, 3.8) is 0 Å². The second-order valence-corrected chi connectivity index (χ2v) is 8.13. The van der Waals surface area contributed by atoms with Gasteiger partial charge in [0, 0.05) is 6.54 Å². The maximum absolute atomic E-state index is 11.8. The average molecular weight is 312 g/mol. The maximum Gasteiger partial charge on any atom is 0.250 e. The van der Waals surface area contributed by atoms with Crippen LogP contribution in [0.15, 0.2) is 14.1 Å². The normalized spacial score (nSPS) is 12.3. The van der Waals surface area contributed by atoms with E-state index in [1.165, 1.54) is 11.3 Å². The van der Waals surface area contributed by atoms with E-state index in [0.717, 1.165) is 9.35 Å². The minimum absolute atomic E-state index is 0.310. The van der Waals surface area contributed by atoms with E-state index in [0.29, 0.717) is 16.7 Å². The van der Waals surface area contributed by atoms with Gasteiger partial charge < -0.3 is 0 Å². The molecule has 0 atom stereocenters. The monoisotopic (exact) mass is 311 g/mol. The van der Waals surface area contributed by atoms with Crippen LogP contribution in [0.3, 0.4) is 0 Å². The molecule has 0 radical (unpaired) electrons. The SMILES string of the molecule is Cc1cc(S(=O)(=O)NCC(C)C)sc1Br. The van der Waals surface area contributed by atoms with Crippen molar-refractivity contribution >= 4 is 37.3 Å². The van der Waals surface area contributed by atoms with E-state index in [1.54, 1.807) is 6.07 Å². The molecule has 1 N–H and O–H groups in total. The molecule has 0 aliphatic heterocycles. The number of rotatable bonds is 4. The molecule has 1 aromatic heterocycles. The first-order valence-corrected chi connectivity index (χ1v) is 7.68. The Bertz CT molecular complexity index is 417. The standard InChI is InChI=1S/C9H14BrNO2S2/c1-6(2)5-11-15(12,13)8-4-7(3)9(10)14-8/h4,6,11H,5H2,1-3H3. The number of halogens is 1. The molecular formula is C9H14BrNO2S2.